The van der Waals surface area contributed by atoms with Crippen molar-refractivity contribution in [1.82, 2.24) is 0 Å². The lowest BCUT2D eigenvalue weighted by atomic mass is 9.78. The van der Waals surface area contributed by atoms with Crippen LogP contribution in [0.3, 0.4) is 0 Å². The molecule has 0 amide bonds. The van der Waals surface area contributed by atoms with Gasteiger partial charge in [0.2, 0.25) is 0 Å². The van der Waals surface area contributed by atoms with Crippen molar-refractivity contribution < 1.29 is 0 Å². The minimum atomic E-state index is -0.268. The number of hydrogen-bond donors (Lipinski definition) is 0. The quantitative estimate of drug-likeness (QED) is 0.142. The Kier molecular flexibility index (Phi) is 11.8. The van der Waals surface area contributed by atoms with E-state index in [1.54, 1.807) is 0 Å². The normalized spacial score (nSPS) is 17.1. The lowest BCUT2D eigenvalue weighted by Crippen LogP contribution is -2.24. The van der Waals surface area contributed by atoms with Gasteiger partial charge in [0.15, 0.2) is 0 Å². The SMILES string of the molecule is CC1(C)C/C=C(N(Cc2cccc3c2-c2cc4c(cc2C3(C)C)-c2ccc(N(c3ccc(-c5ccccc5)cc3)c3ccc(-c5ccccc5)cc3)cc2C4(C)C)c2ccc3c(c2)C(C)(C)c2ccccc2-3)\C=C/Cc2ccccc21. The fraction of sp³-hybridized carbons (Fsp3) is 0.190. The van der Waals surface area contributed by atoms with Crippen molar-refractivity contribution in [2.75, 3.05) is 9.80 Å². The Bertz CT molecular complexity index is 4080. The van der Waals surface area contributed by atoms with Crippen molar-refractivity contribution in [3.05, 3.63) is 298 Å². The van der Waals surface area contributed by atoms with Gasteiger partial charge in [-0.2, -0.15) is 0 Å². The van der Waals surface area contributed by atoms with E-state index in [1.165, 1.54) is 117 Å². The Labute approximate surface area is 480 Å². The van der Waals surface area contributed by atoms with Gasteiger partial charge in [-0.3, -0.25) is 0 Å². The van der Waals surface area contributed by atoms with Crippen LogP contribution < -0.4 is 9.80 Å². The largest absolute Gasteiger partial charge is 0.337 e. The third-order valence-corrected chi connectivity index (χ3v) is 19.0. The van der Waals surface area contributed by atoms with Crippen molar-refractivity contribution in [3.8, 4) is 55.6 Å². The van der Waals surface area contributed by atoms with Crippen LogP contribution in [0.5, 0.6) is 0 Å². The zero-order valence-corrected chi connectivity index (χ0v) is 48.1. The van der Waals surface area contributed by atoms with E-state index in [1.807, 2.05) is 0 Å². The molecule has 14 rings (SSSR count). The Morgan fingerprint density at radius 2 is 0.827 bits per heavy atom. The summed E-state index contributed by atoms with van der Waals surface area (Å²) in [5.41, 5.74) is 30.7. The first-order valence-electron chi connectivity index (χ1n) is 29.2. The van der Waals surface area contributed by atoms with E-state index in [-0.39, 0.29) is 21.7 Å². The van der Waals surface area contributed by atoms with Crippen LogP contribution in [-0.4, -0.2) is 0 Å². The summed E-state index contributed by atoms with van der Waals surface area (Å²) < 4.78 is 0. The van der Waals surface area contributed by atoms with E-state index >= 15 is 0 Å². The lowest BCUT2D eigenvalue weighted by molar-refractivity contribution is 0.528. The molecule has 2 nitrogen and oxygen atoms in total. The Balaban J connectivity index is 0.866. The van der Waals surface area contributed by atoms with Crippen molar-refractivity contribution in [2.45, 2.75) is 96.4 Å². The first-order chi connectivity index (χ1) is 39.2. The number of rotatable bonds is 9. The van der Waals surface area contributed by atoms with Gasteiger partial charge in [0, 0.05) is 51.2 Å². The van der Waals surface area contributed by atoms with Crippen molar-refractivity contribution in [1.29, 1.82) is 0 Å². The summed E-state index contributed by atoms with van der Waals surface area (Å²) in [7, 11) is 0. The highest BCUT2D eigenvalue weighted by Gasteiger charge is 2.43. The van der Waals surface area contributed by atoms with E-state index in [0.717, 1.165) is 36.4 Å². The number of fused-ring (bicyclic) bond motifs is 10. The molecule has 0 aromatic heterocycles. The van der Waals surface area contributed by atoms with Gasteiger partial charge in [-0.25, -0.2) is 0 Å². The number of anilines is 4. The summed E-state index contributed by atoms with van der Waals surface area (Å²) in [6, 6.07) is 84.4. The molecule has 0 fully saturated rings. The van der Waals surface area contributed by atoms with Crippen LogP contribution in [-0.2, 0) is 34.6 Å². The highest BCUT2D eigenvalue weighted by atomic mass is 15.1. The van der Waals surface area contributed by atoms with Gasteiger partial charge < -0.3 is 9.80 Å². The molecule has 0 saturated heterocycles. The summed E-state index contributed by atoms with van der Waals surface area (Å²) in [4.78, 5) is 5.07. The predicted octanol–water partition coefficient (Wildman–Crippen LogP) is 20.8. The zero-order chi connectivity index (χ0) is 55.4. The van der Waals surface area contributed by atoms with Crippen LogP contribution >= 0.6 is 0 Å². The standard InChI is InChI=1S/C79H70N2/c1-76(2)46-45-58(28-19-26-56-25-15-17-30-68(56)76)80(61-41-43-64-63-29-16-18-31-69(63)77(3,4)71(64)47-61)51-57-27-20-32-70-75(57)67-50-73-66(49-74(67)78(70,5)6)65-44-42-62(48-72(65)79(73,7)8)81(59-37-33-54(34-38-59)52-21-11-9-12-22-52)60-39-35-55(36-40-60)53-23-13-10-14-24-53/h9-25,27-45,47-50H,26,46,51H2,1-8H3/b28-19-,58-45+. The molecular formula is C79H70N2. The Hall–Kier alpha value is -8.72. The Morgan fingerprint density at radius 1 is 0.358 bits per heavy atom. The third kappa shape index (κ3) is 8.28. The molecule has 0 radical (unpaired) electrons. The van der Waals surface area contributed by atoms with Crippen LogP contribution in [0.1, 0.15) is 112 Å². The molecule has 81 heavy (non-hydrogen) atoms. The minimum absolute atomic E-state index is 0.0375. The summed E-state index contributed by atoms with van der Waals surface area (Å²) in [6.45, 7) is 20.1. The van der Waals surface area contributed by atoms with Crippen molar-refractivity contribution in [3.63, 3.8) is 0 Å². The fourth-order valence-electron chi connectivity index (χ4n) is 14.4. The molecule has 0 bridgehead atoms. The van der Waals surface area contributed by atoms with Crippen LogP contribution in [0.4, 0.5) is 22.7 Å². The summed E-state index contributed by atoms with van der Waals surface area (Å²) >= 11 is 0. The van der Waals surface area contributed by atoms with E-state index < -0.39 is 0 Å². The molecule has 0 aliphatic heterocycles. The van der Waals surface area contributed by atoms with Gasteiger partial charge in [-0.15, -0.1) is 0 Å². The van der Waals surface area contributed by atoms with Gasteiger partial charge in [0.05, 0.1) is 0 Å². The molecule has 4 aliphatic rings. The fourth-order valence-corrected chi connectivity index (χ4v) is 14.4. The number of nitrogens with zero attached hydrogens (tertiary/aromatic N) is 2. The van der Waals surface area contributed by atoms with E-state index in [2.05, 4.69) is 308 Å². The number of allylic oxidation sites excluding steroid dienone is 3. The molecule has 0 atom stereocenters. The predicted molar refractivity (Wildman–Crippen MR) is 342 cm³/mol. The van der Waals surface area contributed by atoms with Crippen LogP contribution in [0.2, 0.25) is 0 Å². The molecule has 4 aliphatic carbocycles. The highest BCUT2D eigenvalue weighted by molar-refractivity contribution is 5.93. The molecule has 0 spiro atoms. The average molecular weight is 1050 g/mol. The zero-order valence-electron chi connectivity index (χ0n) is 48.1. The maximum atomic E-state index is 2.63. The monoisotopic (exact) mass is 1050 g/mol. The lowest BCUT2D eigenvalue weighted by Gasteiger charge is -2.31. The van der Waals surface area contributed by atoms with Crippen molar-refractivity contribution >= 4 is 22.7 Å². The van der Waals surface area contributed by atoms with Gasteiger partial charge >= 0.3 is 0 Å². The molecular weight excluding hydrogens is 977 g/mol. The summed E-state index contributed by atoms with van der Waals surface area (Å²) in [5.74, 6) is 0. The molecule has 0 heterocycles. The maximum Gasteiger partial charge on any atom is 0.0487 e. The van der Waals surface area contributed by atoms with Gasteiger partial charge in [0.25, 0.3) is 0 Å². The second-order valence-electron chi connectivity index (χ2n) is 25.4. The van der Waals surface area contributed by atoms with E-state index in [4.69, 9.17) is 0 Å². The molecule has 0 N–H and O–H groups in total. The number of hydrogen-bond acceptors (Lipinski definition) is 2. The van der Waals surface area contributed by atoms with Crippen LogP contribution in [0.15, 0.2) is 248 Å². The summed E-state index contributed by atoms with van der Waals surface area (Å²) in [5, 5.41) is 0. The molecule has 0 saturated carbocycles. The topological polar surface area (TPSA) is 6.48 Å². The van der Waals surface area contributed by atoms with Crippen LogP contribution in [0, 0.1) is 0 Å². The second-order valence-corrected chi connectivity index (χ2v) is 25.4. The summed E-state index contributed by atoms with van der Waals surface area (Å²) in [6.07, 6.45) is 9.15. The van der Waals surface area contributed by atoms with Gasteiger partial charge in [0.1, 0.15) is 0 Å². The maximum absolute atomic E-state index is 2.63. The first-order valence-corrected chi connectivity index (χ1v) is 29.2. The average Bonchev–Trinajstić information content (AvgIpc) is 2.66. The smallest absolute Gasteiger partial charge is 0.0487 e. The molecule has 10 aromatic carbocycles. The van der Waals surface area contributed by atoms with Gasteiger partial charge in [-0.1, -0.05) is 231 Å². The Morgan fingerprint density at radius 3 is 1.49 bits per heavy atom. The van der Waals surface area contributed by atoms with E-state index in [0.29, 0.717) is 0 Å². The number of benzene rings is 10. The van der Waals surface area contributed by atoms with Crippen LogP contribution in [0.25, 0.3) is 55.6 Å². The molecule has 2 heteroatoms. The van der Waals surface area contributed by atoms with Crippen molar-refractivity contribution in [2.24, 2.45) is 0 Å². The molecule has 10 aromatic rings. The molecule has 0 unspecified atom stereocenters. The first kappa shape index (κ1) is 50.5. The third-order valence-electron chi connectivity index (χ3n) is 19.0. The van der Waals surface area contributed by atoms with Gasteiger partial charge in [-0.05, 0) is 191 Å². The highest BCUT2D eigenvalue weighted by Crippen LogP contribution is 2.58. The van der Waals surface area contributed by atoms with E-state index in [9.17, 15) is 0 Å². The molecule has 396 valence electrons. The minimum Gasteiger partial charge on any atom is -0.337 e. The second kappa shape index (κ2) is 19.0.